The minimum absolute atomic E-state index is 0.203. The standard InChI is InChI=1S/C12H21N3O/c1-3-4-5-6-13-11-12(16)15-9-7-14(2)8-10-15/h1,13H,4-11H2,2H3. The van der Waals surface area contributed by atoms with Crippen LogP contribution in [0.25, 0.3) is 0 Å². The molecule has 0 spiro atoms. The van der Waals surface area contributed by atoms with E-state index in [2.05, 4.69) is 23.2 Å². The van der Waals surface area contributed by atoms with E-state index in [1.54, 1.807) is 0 Å². The van der Waals surface area contributed by atoms with Crippen LogP contribution < -0.4 is 5.32 Å². The second kappa shape index (κ2) is 7.26. The third-order valence-electron chi connectivity index (χ3n) is 2.81. The van der Waals surface area contributed by atoms with Gasteiger partial charge in [-0.3, -0.25) is 4.79 Å². The number of nitrogens with zero attached hydrogens (tertiary/aromatic N) is 2. The van der Waals surface area contributed by atoms with Gasteiger partial charge in [0.05, 0.1) is 6.54 Å². The number of carbonyl (C=O) groups is 1. The fourth-order valence-electron chi connectivity index (χ4n) is 1.68. The minimum atomic E-state index is 0.203. The van der Waals surface area contributed by atoms with Crippen molar-refractivity contribution in [1.82, 2.24) is 15.1 Å². The Balaban J connectivity index is 2.08. The molecule has 1 saturated heterocycles. The number of likely N-dealkylation sites (N-methyl/N-ethyl adjacent to an activating group) is 1. The average Bonchev–Trinajstić information content (AvgIpc) is 2.29. The molecule has 0 unspecified atom stereocenters. The number of amides is 1. The highest BCUT2D eigenvalue weighted by molar-refractivity contribution is 5.78. The van der Waals surface area contributed by atoms with E-state index in [9.17, 15) is 4.79 Å². The fourth-order valence-corrected chi connectivity index (χ4v) is 1.68. The Kier molecular flexibility index (Phi) is 5.91. The predicted octanol–water partition coefficient (Wildman–Crippen LogP) is -0.237. The molecule has 0 aromatic carbocycles. The molecule has 1 aliphatic rings. The largest absolute Gasteiger partial charge is 0.339 e. The molecule has 0 aliphatic carbocycles. The van der Waals surface area contributed by atoms with E-state index in [1.807, 2.05) is 4.90 Å². The Morgan fingerprint density at radius 2 is 2.06 bits per heavy atom. The van der Waals surface area contributed by atoms with Gasteiger partial charge in [-0.1, -0.05) is 0 Å². The first kappa shape index (κ1) is 13.0. The van der Waals surface area contributed by atoms with Gasteiger partial charge in [-0.05, 0) is 20.0 Å². The first-order chi connectivity index (χ1) is 7.74. The molecule has 0 radical (unpaired) electrons. The lowest BCUT2D eigenvalue weighted by Crippen LogP contribution is -2.49. The third-order valence-corrected chi connectivity index (χ3v) is 2.81. The van der Waals surface area contributed by atoms with Crippen LogP contribution in [0.3, 0.4) is 0 Å². The molecule has 0 bridgehead atoms. The van der Waals surface area contributed by atoms with Crippen LogP contribution in [0.1, 0.15) is 12.8 Å². The van der Waals surface area contributed by atoms with E-state index in [-0.39, 0.29) is 5.91 Å². The summed E-state index contributed by atoms with van der Waals surface area (Å²) < 4.78 is 0. The Hall–Kier alpha value is -1.05. The zero-order chi connectivity index (χ0) is 11.8. The lowest BCUT2D eigenvalue weighted by Gasteiger charge is -2.32. The molecule has 0 atom stereocenters. The van der Waals surface area contributed by atoms with Crippen molar-refractivity contribution in [2.24, 2.45) is 0 Å². The zero-order valence-electron chi connectivity index (χ0n) is 10.0. The van der Waals surface area contributed by atoms with Gasteiger partial charge in [-0.15, -0.1) is 12.3 Å². The first-order valence-electron chi connectivity index (χ1n) is 5.84. The van der Waals surface area contributed by atoms with Gasteiger partial charge in [0.15, 0.2) is 0 Å². The highest BCUT2D eigenvalue weighted by atomic mass is 16.2. The number of terminal acetylenes is 1. The number of unbranched alkanes of at least 4 members (excludes halogenated alkanes) is 1. The third kappa shape index (κ3) is 4.65. The molecule has 90 valence electrons. The van der Waals surface area contributed by atoms with Crippen molar-refractivity contribution in [3.05, 3.63) is 0 Å². The van der Waals surface area contributed by atoms with Crippen LogP contribution in [-0.4, -0.2) is 62.0 Å². The number of hydrogen-bond acceptors (Lipinski definition) is 3. The molecule has 0 aromatic rings. The van der Waals surface area contributed by atoms with Crippen LogP contribution in [0.2, 0.25) is 0 Å². The Morgan fingerprint density at radius 1 is 1.38 bits per heavy atom. The molecule has 1 heterocycles. The Labute approximate surface area is 98.0 Å². The summed E-state index contributed by atoms with van der Waals surface area (Å²) in [5.41, 5.74) is 0. The maximum atomic E-state index is 11.7. The number of piperazine rings is 1. The number of nitrogens with one attached hydrogen (secondary N) is 1. The SMILES string of the molecule is C#CCCCNCC(=O)N1CCN(C)CC1. The van der Waals surface area contributed by atoms with Crippen molar-refractivity contribution >= 4 is 5.91 Å². The molecule has 4 heteroatoms. The maximum Gasteiger partial charge on any atom is 0.236 e. The molecule has 1 fully saturated rings. The highest BCUT2D eigenvalue weighted by Crippen LogP contribution is 1.98. The second-order valence-electron chi connectivity index (χ2n) is 4.17. The van der Waals surface area contributed by atoms with E-state index in [0.29, 0.717) is 6.54 Å². The summed E-state index contributed by atoms with van der Waals surface area (Å²) in [6, 6.07) is 0. The van der Waals surface area contributed by atoms with E-state index < -0.39 is 0 Å². The van der Waals surface area contributed by atoms with Crippen LogP contribution in [-0.2, 0) is 4.79 Å². The van der Waals surface area contributed by atoms with Gasteiger partial charge in [-0.25, -0.2) is 0 Å². The lowest BCUT2D eigenvalue weighted by molar-refractivity contribution is -0.131. The van der Waals surface area contributed by atoms with Gasteiger partial charge >= 0.3 is 0 Å². The highest BCUT2D eigenvalue weighted by Gasteiger charge is 2.17. The molecule has 0 aromatic heterocycles. The molecule has 0 saturated carbocycles. The van der Waals surface area contributed by atoms with Gasteiger partial charge in [-0.2, -0.15) is 0 Å². The van der Waals surface area contributed by atoms with Crippen LogP contribution >= 0.6 is 0 Å². The summed E-state index contributed by atoms with van der Waals surface area (Å²) in [5.74, 6) is 2.79. The van der Waals surface area contributed by atoms with Gasteiger partial charge in [0.2, 0.25) is 5.91 Å². The molecule has 1 rings (SSSR count). The van der Waals surface area contributed by atoms with Crippen molar-refractivity contribution in [2.75, 3.05) is 46.3 Å². The smallest absolute Gasteiger partial charge is 0.236 e. The van der Waals surface area contributed by atoms with Crippen molar-refractivity contribution in [3.63, 3.8) is 0 Å². The summed E-state index contributed by atoms with van der Waals surface area (Å²) >= 11 is 0. The summed E-state index contributed by atoms with van der Waals surface area (Å²) in [7, 11) is 2.08. The van der Waals surface area contributed by atoms with Gasteiger partial charge in [0, 0.05) is 32.6 Å². The minimum Gasteiger partial charge on any atom is -0.339 e. The average molecular weight is 223 g/mol. The lowest BCUT2D eigenvalue weighted by atomic mass is 10.3. The molecule has 1 aliphatic heterocycles. The molecule has 16 heavy (non-hydrogen) atoms. The van der Waals surface area contributed by atoms with Crippen molar-refractivity contribution in [1.29, 1.82) is 0 Å². The summed E-state index contributed by atoms with van der Waals surface area (Å²) in [6.45, 7) is 4.91. The molecule has 1 N–H and O–H groups in total. The Bertz CT molecular complexity index is 251. The van der Waals surface area contributed by atoms with Crippen molar-refractivity contribution < 1.29 is 4.79 Å². The molecule has 4 nitrogen and oxygen atoms in total. The molecule has 1 amide bonds. The van der Waals surface area contributed by atoms with Crippen molar-refractivity contribution in [2.45, 2.75) is 12.8 Å². The van der Waals surface area contributed by atoms with Crippen LogP contribution in [0.15, 0.2) is 0 Å². The quantitative estimate of drug-likeness (QED) is 0.516. The summed E-state index contributed by atoms with van der Waals surface area (Å²) in [4.78, 5) is 15.9. The molecular weight excluding hydrogens is 202 g/mol. The Morgan fingerprint density at radius 3 is 2.69 bits per heavy atom. The predicted molar refractivity (Wildman–Crippen MR) is 65.0 cm³/mol. The summed E-state index contributed by atoms with van der Waals surface area (Å²) in [6.07, 6.45) is 6.85. The van der Waals surface area contributed by atoms with E-state index in [0.717, 1.165) is 45.6 Å². The second-order valence-corrected chi connectivity index (χ2v) is 4.17. The topological polar surface area (TPSA) is 35.6 Å². The number of hydrogen-bond donors (Lipinski definition) is 1. The zero-order valence-corrected chi connectivity index (χ0v) is 10.0. The first-order valence-corrected chi connectivity index (χ1v) is 5.84. The maximum absolute atomic E-state index is 11.7. The van der Waals surface area contributed by atoms with Crippen LogP contribution in [0.4, 0.5) is 0 Å². The monoisotopic (exact) mass is 223 g/mol. The van der Waals surface area contributed by atoms with Gasteiger partial charge < -0.3 is 15.1 Å². The van der Waals surface area contributed by atoms with Gasteiger partial charge in [0.25, 0.3) is 0 Å². The van der Waals surface area contributed by atoms with Crippen LogP contribution in [0, 0.1) is 12.3 Å². The van der Waals surface area contributed by atoms with E-state index >= 15 is 0 Å². The normalized spacial score (nSPS) is 17.1. The summed E-state index contributed by atoms with van der Waals surface area (Å²) in [5, 5.41) is 3.13. The van der Waals surface area contributed by atoms with Gasteiger partial charge in [0.1, 0.15) is 0 Å². The van der Waals surface area contributed by atoms with E-state index in [4.69, 9.17) is 6.42 Å². The number of carbonyl (C=O) groups excluding carboxylic acids is 1. The van der Waals surface area contributed by atoms with E-state index in [1.165, 1.54) is 0 Å². The number of rotatable bonds is 5. The van der Waals surface area contributed by atoms with Crippen molar-refractivity contribution in [3.8, 4) is 12.3 Å². The molecular formula is C12H21N3O. The fraction of sp³-hybridized carbons (Fsp3) is 0.750. The van der Waals surface area contributed by atoms with Crippen LogP contribution in [0.5, 0.6) is 0 Å².